The van der Waals surface area contributed by atoms with Crippen LogP contribution in [-0.4, -0.2) is 32.1 Å². The minimum atomic E-state index is -0.396. The Bertz CT molecular complexity index is 152. The summed E-state index contributed by atoms with van der Waals surface area (Å²) in [6.07, 6.45) is 0. The number of aliphatic imine (C=N–C) groups is 1. The van der Waals surface area contributed by atoms with Crippen LogP contribution >= 0.6 is 0 Å². The minimum Gasteiger partial charge on any atom is -0.464 e. The van der Waals surface area contributed by atoms with Gasteiger partial charge in [-0.15, -0.1) is 0 Å². The van der Waals surface area contributed by atoms with Crippen LogP contribution in [0.25, 0.3) is 0 Å². The Balaban J connectivity index is 2.51. The van der Waals surface area contributed by atoms with Crippen LogP contribution in [0.4, 0.5) is 0 Å². The van der Waals surface area contributed by atoms with Gasteiger partial charge >= 0.3 is 5.97 Å². The van der Waals surface area contributed by atoms with E-state index in [0.29, 0.717) is 5.71 Å². The van der Waals surface area contributed by atoms with E-state index in [0.717, 1.165) is 0 Å². The lowest BCUT2D eigenvalue weighted by atomic mass is 10.4. The van der Waals surface area contributed by atoms with Gasteiger partial charge in [-0.05, 0) is 0 Å². The maximum absolute atomic E-state index is 10.6. The first-order valence-corrected chi connectivity index (χ1v) is 2.54. The molecule has 0 saturated carbocycles. The molecule has 0 saturated heterocycles. The van der Waals surface area contributed by atoms with Crippen LogP contribution < -0.4 is 0 Å². The first kappa shape index (κ1) is 6.22. The lowest BCUT2D eigenvalue weighted by molar-refractivity contribution is -0.132. The van der Waals surface area contributed by atoms with Crippen LogP contribution in [0.5, 0.6) is 0 Å². The third-order valence-corrected chi connectivity index (χ3v) is 1.01. The van der Waals surface area contributed by atoms with Crippen LogP contribution in [0.15, 0.2) is 4.99 Å². The summed E-state index contributed by atoms with van der Waals surface area (Å²) < 4.78 is 9.16. The van der Waals surface area contributed by atoms with Gasteiger partial charge in [0.15, 0.2) is 0 Å². The second-order valence-corrected chi connectivity index (χ2v) is 1.57. The van der Waals surface area contributed by atoms with E-state index in [1.54, 1.807) is 0 Å². The van der Waals surface area contributed by atoms with Gasteiger partial charge in [0.2, 0.25) is 0 Å². The normalized spacial score (nSPS) is 17.2. The summed E-state index contributed by atoms with van der Waals surface area (Å²) >= 11 is 0. The Morgan fingerprint density at radius 3 is 3.11 bits per heavy atom. The summed E-state index contributed by atoms with van der Waals surface area (Å²) in [4.78, 5) is 14.3. The first-order chi connectivity index (χ1) is 4.34. The fourth-order valence-corrected chi connectivity index (χ4v) is 0.553. The number of ether oxygens (including phenoxy) is 2. The second-order valence-electron chi connectivity index (χ2n) is 1.57. The molecule has 0 atom stereocenters. The average molecular weight is 129 g/mol. The topological polar surface area (TPSA) is 47.9 Å². The molecule has 0 unspecified atom stereocenters. The zero-order chi connectivity index (χ0) is 6.69. The Morgan fingerprint density at radius 1 is 1.89 bits per heavy atom. The largest absolute Gasteiger partial charge is 0.464 e. The molecule has 0 aliphatic carbocycles. The molecule has 0 amide bonds. The molecule has 0 fully saturated rings. The molecule has 0 spiro atoms. The van der Waals surface area contributed by atoms with Crippen molar-refractivity contribution in [3.63, 3.8) is 0 Å². The molecule has 4 heteroatoms. The highest BCUT2D eigenvalue weighted by atomic mass is 16.5. The quantitative estimate of drug-likeness (QED) is 0.452. The summed E-state index contributed by atoms with van der Waals surface area (Å²) in [5, 5.41) is 0. The lowest BCUT2D eigenvalue weighted by Crippen LogP contribution is -2.16. The highest BCUT2D eigenvalue weighted by Gasteiger charge is 2.14. The van der Waals surface area contributed by atoms with Crippen LogP contribution in [0.2, 0.25) is 0 Å². The molecular formula is C5H7NO3. The van der Waals surface area contributed by atoms with E-state index in [1.807, 2.05) is 0 Å². The van der Waals surface area contributed by atoms with Gasteiger partial charge in [0.05, 0.1) is 13.7 Å². The maximum atomic E-state index is 10.6. The monoisotopic (exact) mass is 129 g/mol. The highest BCUT2D eigenvalue weighted by Crippen LogP contribution is 1.94. The number of methoxy groups -OCH3 is 1. The van der Waals surface area contributed by atoms with Gasteiger partial charge in [0.25, 0.3) is 0 Å². The van der Waals surface area contributed by atoms with Gasteiger partial charge in [-0.1, -0.05) is 0 Å². The van der Waals surface area contributed by atoms with E-state index >= 15 is 0 Å². The summed E-state index contributed by atoms with van der Waals surface area (Å²) in [7, 11) is 1.32. The Labute approximate surface area is 52.5 Å². The first-order valence-electron chi connectivity index (χ1n) is 2.54. The Morgan fingerprint density at radius 2 is 2.67 bits per heavy atom. The number of nitrogens with zero attached hydrogens (tertiary/aromatic N) is 1. The number of hydrogen-bond acceptors (Lipinski definition) is 4. The van der Waals surface area contributed by atoms with Crippen molar-refractivity contribution in [1.29, 1.82) is 0 Å². The standard InChI is InChI=1S/C5H7NO3/c1-8-5(7)4-2-9-3-6-4/h2-3H2,1H3. The van der Waals surface area contributed by atoms with Crippen molar-refractivity contribution in [2.75, 3.05) is 20.4 Å². The van der Waals surface area contributed by atoms with Crippen molar-refractivity contribution in [3.8, 4) is 0 Å². The predicted molar refractivity (Wildman–Crippen MR) is 30.3 cm³/mol. The van der Waals surface area contributed by atoms with Crippen LogP contribution in [0.3, 0.4) is 0 Å². The number of carbonyl (C=O) groups excluding carboxylic acids is 1. The molecule has 0 aromatic heterocycles. The minimum absolute atomic E-state index is 0.282. The van der Waals surface area contributed by atoms with E-state index < -0.39 is 5.97 Å². The molecule has 9 heavy (non-hydrogen) atoms. The molecule has 1 rings (SSSR count). The number of carbonyl (C=O) groups is 1. The molecule has 0 bridgehead atoms. The van der Waals surface area contributed by atoms with Gasteiger partial charge in [0.1, 0.15) is 12.4 Å². The molecule has 50 valence electrons. The van der Waals surface area contributed by atoms with Crippen molar-refractivity contribution in [1.82, 2.24) is 0 Å². The fraction of sp³-hybridized carbons (Fsp3) is 0.600. The van der Waals surface area contributed by atoms with E-state index in [1.165, 1.54) is 7.11 Å². The van der Waals surface area contributed by atoms with Crippen molar-refractivity contribution in [2.45, 2.75) is 0 Å². The third-order valence-electron chi connectivity index (χ3n) is 1.01. The summed E-state index contributed by atoms with van der Waals surface area (Å²) in [6, 6.07) is 0. The van der Waals surface area contributed by atoms with E-state index in [9.17, 15) is 4.79 Å². The molecule has 0 aromatic rings. The molecule has 1 aliphatic heterocycles. The summed E-state index contributed by atoms with van der Waals surface area (Å²) in [6.45, 7) is 0.567. The molecule has 0 radical (unpaired) electrons. The molecule has 4 nitrogen and oxygen atoms in total. The van der Waals surface area contributed by atoms with Crippen molar-refractivity contribution in [2.24, 2.45) is 4.99 Å². The van der Waals surface area contributed by atoms with Crippen molar-refractivity contribution >= 4 is 11.7 Å². The second kappa shape index (κ2) is 2.59. The van der Waals surface area contributed by atoms with Crippen molar-refractivity contribution < 1.29 is 14.3 Å². The maximum Gasteiger partial charge on any atom is 0.354 e. The van der Waals surface area contributed by atoms with Crippen LogP contribution in [0, 0.1) is 0 Å². The highest BCUT2D eigenvalue weighted by molar-refractivity contribution is 6.37. The zero-order valence-electron chi connectivity index (χ0n) is 5.09. The molecular weight excluding hydrogens is 122 g/mol. The number of hydrogen-bond donors (Lipinski definition) is 0. The van der Waals surface area contributed by atoms with E-state index in [2.05, 4.69) is 9.73 Å². The lowest BCUT2D eigenvalue weighted by Gasteiger charge is -1.93. The molecule has 0 aromatic carbocycles. The molecule has 1 heterocycles. The SMILES string of the molecule is COC(=O)C1=NCOC1. The Kier molecular flexibility index (Phi) is 1.79. The van der Waals surface area contributed by atoms with Crippen molar-refractivity contribution in [3.05, 3.63) is 0 Å². The molecule has 0 N–H and O–H groups in total. The van der Waals surface area contributed by atoms with E-state index in [4.69, 9.17) is 4.74 Å². The smallest absolute Gasteiger partial charge is 0.354 e. The van der Waals surface area contributed by atoms with Gasteiger partial charge in [0, 0.05) is 0 Å². The number of esters is 1. The predicted octanol–water partition coefficient (Wildman–Crippen LogP) is -0.412. The van der Waals surface area contributed by atoms with Gasteiger partial charge in [-0.2, -0.15) is 0 Å². The average Bonchev–Trinajstić information content (AvgIpc) is 2.37. The molecule has 1 aliphatic rings. The third kappa shape index (κ3) is 1.26. The van der Waals surface area contributed by atoms with Crippen LogP contribution in [-0.2, 0) is 14.3 Å². The summed E-state index contributed by atoms with van der Waals surface area (Å²) in [5.74, 6) is -0.396. The van der Waals surface area contributed by atoms with Gasteiger partial charge in [-0.3, -0.25) is 4.99 Å². The zero-order valence-corrected chi connectivity index (χ0v) is 5.09. The van der Waals surface area contributed by atoms with Gasteiger partial charge in [-0.25, -0.2) is 4.79 Å². The van der Waals surface area contributed by atoms with E-state index in [-0.39, 0.29) is 13.3 Å². The van der Waals surface area contributed by atoms with Crippen LogP contribution in [0.1, 0.15) is 0 Å². The fourth-order valence-electron chi connectivity index (χ4n) is 0.553. The Hall–Kier alpha value is -0.900. The summed E-state index contributed by atoms with van der Waals surface area (Å²) in [5.41, 5.74) is 0.373. The van der Waals surface area contributed by atoms with Gasteiger partial charge < -0.3 is 9.47 Å². The number of rotatable bonds is 1.